The molecule has 2 N–H and O–H groups in total. The number of rotatable bonds is 4. The first-order valence-corrected chi connectivity index (χ1v) is 6.85. The first kappa shape index (κ1) is 13.0. The van der Waals surface area contributed by atoms with Gasteiger partial charge in [-0.15, -0.1) is 0 Å². The number of thiazole rings is 1. The summed E-state index contributed by atoms with van der Waals surface area (Å²) in [6.45, 7) is 1.77. The van der Waals surface area contributed by atoms with E-state index in [1.165, 1.54) is 11.3 Å². The van der Waals surface area contributed by atoms with Gasteiger partial charge >= 0.3 is 0 Å². The Morgan fingerprint density at radius 2 is 2.11 bits per heavy atom. The number of hydrogen-bond acceptors (Lipinski definition) is 4. The van der Waals surface area contributed by atoms with Gasteiger partial charge in [0.15, 0.2) is 0 Å². The zero-order chi connectivity index (χ0) is 13.1. The van der Waals surface area contributed by atoms with Crippen molar-refractivity contribution >= 4 is 33.2 Å². The zero-order valence-electron chi connectivity index (χ0n) is 9.59. The summed E-state index contributed by atoms with van der Waals surface area (Å²) in [5.74, 6) is 0.0397. The molecule has 94 valence electrons. The van der Waals surface area contributed by atoms with Crippen LogP contribution in [0.25, 0.3) is 0 Å². The largest absolute Gasteiger partial charge is 0.431 e. The summed E-state index contributed by atoms with van der Waals surface area (Å²) in [4.78, 5) is 15.1. The lowest BCUT2D eigenvalue weighted by atomic mass is 10.0. The minimum atomic E-state index is -0.340. The van der Waals surface area contributed by atoms with Gasteiger partial charge in [-0.1, -0.05) is 23.5 Å². The van der Waals surface area contributed by atoms with Gasteiger partial charge in [0.2, 0.25) is 5.91 Å². The topological polar surface area (TPSA) is 65.2 Å². The van der Waals surface area contributed by atoms with Crippen molar-refractivity contribution in [1.82, 2.24) is 4.98 Å². The molecule has 0 aliphatic heterocycles. The maximum atomic E-state index is 11.1. The van der Waals surface area contributed by atoms with Crippen molar-refractivity contribution in [2.24, 2.45) is 5.73 Å². The molecule has 0 aliphatic rings. The Morgan fingerprint density at radius 3 is 2.61 bits per heavy atom. The lowest BCUT2D eigenvalue weighted by molar-refractivity contribution is -0.119. The van der Waals surface area contributed by atoms with Crippen molar-refractivity contribution in [1.29, 1.82) is 0 Å². The Hall–Kier alpha value is -1.40. The molecule has 1 heterocycles. The van der Waals surface area contributed by atoms with Crippen molar-refractivity contribution < 1.29 is 9.53 Å². The molecule has 1 aromatic carbocycles. The third-order valence-corrected chi connectivity index (χ3v) is 3.82. The molecule has 6 heteroatoms. The van der Waals surface area contributed by atoms with Gasteiger partial charge in [0.1, 0.15) is 5.75 Å². The van der Waals surface area contributed by atoms with Crippen molar-refractivity contribution in [3.05, 3.63) is 39.8 Å². The lowest BCUT2D eigenvalue weighted by Crippen LogP contribution is -2.18. The molecular weight excluding hydrogens is 316 g/mol. The van der Waals surface area contributed by atoms with Crippen LogP contribution in [0.4, 0.5) is 0 Å². The monoisotopic (exact) mass is 326 g/mol. The standard InChI is InChI=1S/C12H11BrN2O2S/c1-7(11(14)16)8-2-4-9(5-3-8)17-12-15-6-10(13)18-12/h2-7H,1H3,(H2,14,16). The summed E-state index contributed by atoms with van der Waals surface area (Å²) in [7, 11) is 0. The average molecular weight is 327 g/mol. The highest BCUT2D eigenvalue weighted by atomic mass is 79.9. The molecule has 0 aliphatic carbocycles. The number of carbonyl (C=O) groups excluding carboxylic acids is 1. The third-order valence-electron chi connectivity index (χ3n) is 2.47. The molecule has 4 nitrogen and oxygen atoms in total. The molecule has 1 aromatic heterocycles. The molecule has 1 amide bonds. The molecule has 2 aromatic rings. The average Bonchev–Trinajstić information content (AvgIpc) is 2.75. The van der Waals surface area contributed by atoms with Gasteiger partial charge in [-0.05, 0) is 40.5 Å². The van der Waals surface area contributed by atoms with E-state index in [4.69, 9.17) is 10.5 Å². The van der Waals surface area contributed by atoms with Crippen LogP contribution in [0.5, 0.6) is 10.9 Å². The molecule has 0 saturated carbocycles. The lowest BCUT2D eigenvalue weighted by Gasteiger charge is -2.08. The number of carbonyl (C=O) groups is 1. The molecule has 18 heavy (non-hydrogen) atoms. The first-order valence-electron chi connectivity index (χ1n) is 5.24. The van der Waals surface area contributed by atoms with Gasteiger partial charge in [0.25, 0.3) is 5.19 Å². The van der Waals surface area contributed by atoms with Crippen LogP contribution in [0, 0.1) is 0 Å². The Balaban J connectivity index is 2.10. The normalized spacial score (nSPS) is 12.1. The molecule has 0 spiro atoms. The van der Waals surface area contributed by atoms with Gasteiger partial charge < -0.3 is 10.5 Å². The highest BCUT2D eigenvalue weighted by Gasteiger charge is 2.11. The van der Waals surface area contributed by atoms with Crippen LogP contribution in [0.15, 0.2) is 34.2 Å². The van der Waals surface area contributed by atoms with Gasteiger partial charge in [0.05, 0.1) is 15.9 Å². The SMILES string of the molecule is CC(C(N)=O)c1ccc(Oc2ncc(Br)s2)cc1. The van der Waals surface area contributed by atoms with E-state index in [0.29, 0.717) is 10.9 Å². The van der Waals surface area contributed by atoms with Crippen LogP contribution >= 0.6 is 27.3 Å². The molecule has 1 unspecified atom stereocenters. The van der Waals surface area contributed by atoms with Crippen molar-refractivity contribution in [3.8, 4) is 10.9 Å². The van der Waals surface area contributed by atoms with Gasteiger partial charge in [-0.2, -0.15) is 0 Å². The van der Waals surface area contributed by atoms with Gasteiger partial charge in [0, 0.05) is 0 Å². The van der Waals surface area contributed by atoms with Crippen LogP contribution in [0.2, 0.25) is 0 Å². The van der Waals surface area contributed by atoms with Crippen molar-refractivity contribution in [3.63, 3.8) is 0 Å². The fourth-order valence-electron chi connectivity index (χ4n) is 1.38. The number of halogens is 1. The van der Waals surface area contributed by atoms with Gasteiger partial charge in [-0.3, -0.25) is 4.79 Å². The molecule has 0 fully saturated rings. The van der Waals surface area contributed by atoms with E-state index in [1.54, 1.807) is 25.3 Å². The van der Waals surface area contributed by atoms with E-state index < -0.39 is 0 Å². The zero-order valence-corrected chi connectivity index (χ0v) is 12.0. The first-order chi connectivity index (χ1) is 8.56. The number of nitrogens with zero attached hydrogens (tertiary/aromatic N) is 1. The number of aromatic nitrogens is 1. The molecular formula is C12H11BrN2O2S. The van der Waals surface area contributed by atoms with Crippen LogP contribution in [0.3, 0.4) is 0 Å². The summed E-state index contributed by atoms with van der Waals surface area (Å²) >= 11 is 4.72. The molecule has 0 radical (unpaired) electrons. The molecule has 2 rings (SSSR count). The highest BCUT2D eigenvalue weighted by molar-refractivity contribution is 9.11. The number of nitrogens with two attached hydrogens (primary N) is 1. The van der Waals surface area contributed by atoms with E-state index in [2.05, 4.69) is 20.9 Å². The summed E-state index contributed by atoms with van der Waals surface area (Å²) < 4.78 is 6.47. The van der Waals surface area contributed by atoms with E-state index >= 15 is 0 Å². The number of hydrogen-bond donors (Lipinski definition) is 1. The summed E-state index contributed by atoms with van der Waals surface area (Å²) in [6.07, 6.45) is 1.68. The van der Waals surface area contributed by atoms with Crippen molar-refractivity contribution in [2.75, 3.05) is 0 Å². The Labute approximate surface area is 117 Å². The fraction of sp³-hybridized carbons (Fsp3) is 0.167. The number of amides is 1. The summed E-state index contributed by atoms with van der Waals surface area (Å²) in [5, 5.41) is 0.567. The van der Waals surface area contributed by atoms with Crippen LogP contribution in [-0.4, -0.2) is 10.9 Å². The van der Waals surface area contributed by atoms with E-state index in [1.807, 2.05) is 12.1 Å². The molecule has 1 atom stereocenters. The van der Waals surface area contributed by atoms with Crippen LogP contribution < -0.4 is 10.5 Å². The number of primary amides is 1. The maximum absolute atomic E-state index is 11.1. The second-order valence-electron chi connectivity index (χ2n) is 3.73. The summed E-state index contributed by atoms with van der Waals surface area (Å²) in [5.41, 5.74) is 6.12. The Morgan fingerprint density at radius 1 is 1.44 bits per heavy atom. The third kappa shape index (κ3) is 3.08. The Kier molecular flexibility index (Phi) is 3.98. The van der Waals surface area contributed by atoms with E-state index in [9.17, 15) is 4.79 Å². The second-order valence-corrected chi connectivity index (χ2v) is 6.10. The number of benzene rings is 1. The van der Waals surface area contributed by atoms with E-state index in [0.717, 1.165) is 9.35 Å². The maximum Gasteiger partial charge on any atom is 0.279 e. The van der Waals surface area contributed by atoms with E-state index in [-0.39, 0.29) is 11.8 Å². The molecule has 0 saturated heterocycles. The summed E-state index contributed by atoms with van der Waals surface area (Å²) in [6, 6.07) is 7.25. The van der Waals surface area contributed by atoms with Crippen LogP contribution in [-0.2, 0) is 4.79 Å². The predicted octanol–water partition coefficient (Wildman–Crippen LogP) is 3.29. The van der Waals surface area contributed by atoms with Crippen molar-refractivity contribution in [2.45, 2.75) is 12.8 Å². The molecule has 0 bridgehead atoms. The highest BCUT2D eigenvalue weighted by Crippen LogP contribution is 2.30. The minimum absolute atomic E-state index is 0.298. The smallest absolute Gasteiger partial charge is 0.279 e. The van der Waals surface area contributed by atoms with Crippen LogP contribution in [0.1, 0.15) is 18.4 Å². The quantitative estimate of drug-likeness (QED) is 0.937. The number of ether oxygens (including phenoxy) is 1. The Bertz CT molecular complexity index is 553. The van der Waals surface area contributed by atoms with Gasteiger partial charge in [-0.25, -0.2) is 4.98 Å². The fourth-order valence-corrected chi connectivity index (χ4v) is 2.41. The second kappa shape index (κ2) is 5.49. The predicted molar refractivity (Wildman–Crippen MR) is 73.9 cm³/mol. The minimum Gasteiger partial charge on any atom is -0.431 e.